The van der Waals surface area contributed by atoms with Crippen molar-refractivity contribution >= 4 is 5.91 Å². The molecule has 0 saturated carbocycles. The zero-order valence-corrected chi connectivity index (χ0v) is 14.1. The molecule has 1 aliphatic rings. The second-order valence-corrected chi connectivity index (χ2v) is 6.43. The highest BCUT2D eigenvalue weighted by Gasteiger charge is 2.32. The molecule has 1 heterocycles. The van der Waals surface area contributed by atoms with Gasteiger partial charge in [-0.25, -0.2) is 0 Å². The molecule has 0 radical (unpaired) electrons. The van der Waals surface area contributed by atoms with Gasteiger partial charge in [0.2, 0.25) is 0 Å². The number of carbonyl (C=O) groups excluding carboxylic acids is 1. The highest BCUT2D eigenvalue weighted by atomic mass is 16.3. The molecule has 1 saturated heterocycles. The van der Waals surface area contributed by atoms with Gasteiger partial charge >= 0.3 is 0 Å². The van der Waals surface area contributed by atoms with E-state index >= 15 is 0 Å². The van der Waals surface area contributed by atoms with Crippen LogP contribution in [0, 0.1) is 17.2 Å². The summed E-state index contributed by atoms with van der Waals surface area (Å²) in [5.74, 6) is 0.348. The average Bonchev–Trinajstić information content (AvgIpc) is 2.55. The number of rotatable bonds is 6. The van der Waals surface area contributed by atoms with Gasteiger partial charge in [-0.3, -0.25) is 9.69 Å². The van der Waals surface area contributed by atoms with E-state index in [1.807, 2.05) is 7.05 Å². The Morgan fingerprint density at radius 3 is 2.52 bits per heavy atom. The van der Waals surface area contributed by atoms with E-state index in [2.05, 4.69) is 24.8 Å². The Balaban J connectivity index is 2.09. The molecule has 23 heavy (non-hydrogen) atoms. The van der Waals surface area contributed by atoms with Crippen molar-refractivity contribution in [2.75, 3.05) is 26.7 Å². The summed E-state index contributed by atoms with van der Waals surface area (Å²) in [6.07, 6.45) is 0.763. The Morgan fingerprint density at radius 1 is 1.43 bits per heavy atom. The largest absolute Gasteiger partial charge is 0.390 e. The fraction of sp³-hybridized carbons (Fsp3) is 0.556. The summed E-state index contributed by atoms with van der Waals surface area (Å²) in [5.41, 5.74) is 1.15. The van der Waals surface area contributed by atoms with Crippen LogP contribution in [0.4, 0.5) is 0 Å². The fourth-order valence-corrected chi connectivity index (χ4v) is 2.95. The highest BCUT2D eigenvalue weighted by Crippen LogP contribution is 2.20. The summed E-state index contributed by atoms with van der Waals surface area (Å²) >= 11 is 0. The maximum Gasteiger partial charge on any atom is 0.253 e. The van der Waals surface area contributed by atoms with Crippen molar-refractivity contribution in [1.82, 2.24) is 9.80 Å². The number of likely N-dealkylation sites (tertiary alicyclic amines) is 1. The number of hydrogen-bond donors (Lipinski definition) is 1. The lowest BCUT2D eigenvalue weighted by molar-refractivity contribution is -0.0162. The van der Waals surface area contributed by atoms with Crippen LogP contribution in [0.3, 0.4) is 0 Å². The van der Waals surface area contributed by atoms with Crippen molar-refractivity contribution in [3.05, 3.63) is 35.4 Å². The number of hydrogen-bond acceptors (Lipinski definition) is 4. The van der Waals surface area contributed by atoms with E-state index in [1.165, 1.54) is 0 Å². The van der Waals surface area contributed by atoms with E-state index in [1.54, 1.807) is 29.2 Å². The van der Waals surface area contributed by atoms with E-state index in [0.29, 0.717) is 30.1 Å². The molecule has 1 N–H and O–H groups in total. The van der Waals surface area contributed by atoms with Crippen molar-refractivity contribution in [3.8, 4) is 6.07 Å². The van der Waals surface area contributed by atoms with Gasteiger partial charge in [-0.05, 0) is 30.2 Å². The molecule has 124 valence electrons. The van der Waals surface area contributed by atoms with Crippen molar-refractivity contribution in [1.29, 1.82) is 5.26 Å². The minimum Gasteiger partial charge on any atom is -0.390 e. The predicted octanol–water partition coefficient (Wildman–Crippen LogP) is 1.72. The monoisotopic (exact) mass is 315 g/mol. The lowest BCUT2D eigenvalue weighted by Crippen LogP contribution is -2.57. The number of nitriles is 1. The first-order valence-corrected chi connectivity index (χ1v) is 8.14. The Kier molecular flexibility index (Phi) is 5.75. The van der Waals surface area contributed by atoms with Gasteiger partial charge in [0.05, 0.1) is 17.7 Å². The number of aliphatic hydroxyl groups is 1. The topological polar surface area (TPSA) is 67.6 Å². The van der Waals surface area contributed by atoms with E-state index in [4.69, 9.17) is 5.26 Å². The molecule has 0 bridgehead atoms. The lowest BCUT2D eigenvalue weighted by Gasteiger charge is -2.42. The van der Waals surface area contributed by atoms with E-state index in [0.717, 1.165) is 13.0 Å². The van der Waals surface area contributed by atoms with Gasteiger partial charge in [0.15, 0.2) is 0 Å². The summed E-state index contributed by atoms with van der Waals surface area (Å²) in [6.45, 7) is 6.44. The molecule has 0 unspecified atom stereocenters. The molecule has 0 spiro atoms. The number of amides is 1. The molecular weight excluding hydrogens is 290 g/mol. The second kappa shape index (κ2) is 7.58. The summed E-state index contributed by atoms with van der Waals surface area (Å²) < 4.78 is 0. The molecule has 0 aromatic heterocycles. The number of nitrogens with zero attached hydrogens (tertiary/aromatic N) is 3. The lowest BCUT2D eigenvalue weighted by atomic mass is 9.95. The number of aliphatic hydroxyl groups excluding tert-OH is 1. The Labute approximate surface area is 138 Å². The van der Waals surface area contributed by atoms with Crippen LogP contribution in [-0.2, 0) is 0 Å². The number of benzene rings is 1. The third-order valence-electron chi connectivity index (χ3n) is 4.76. The van der Waals surface area contributed by atoms with Gasteiger partial charge in [0.25, 0.3) is 5.91 Å². The molecule has 1 aromatic carbocycles. The number of carbonyl (C=O) groups is 1. The molecule has 1 fully saturated rings. The maximum atomic E-state index is 12.7. The molecule has 1 aliphatic heterocycles. The van der Waals surface area contributed by atoms with Gasteiger partial charge in [0, 0.05) is 38.3 Å². The molecule has 5 heteroatoms. The van der Waals surface area contributed by atoms with Crippen molar-refractivity contribution in [2.24, 2.45) is 5.92 Å². The van der Waals surface area contributed by atoms with Gasteiger partial charge in [-0.15, -0.1) is 0 Å². The standard InChI is InChI=1S/C18H25N3O2/c1-4-13(2)17(12-21-10-16(22)11-21)20(3)18(23)15-7-5-14(9-19)6-8-15/h5-8,13,16-17,22H,4,10-12H2,1-3H3/t13-,17+/m0/s1. The van der Waals surface area contributed by atoms with Crippen LogP contribution in [0.25, 0.3) is 0 Å². The van der Waals surface area contributed by atoms with Crippen LogP contribution in [-0.4, -0.2) is 59.6 Å². The number of likely N-dealkylation sites (N-methyl/N-ethyl adjacent to an activating group) is 1. The van der Waals surface area contributed by atoms with Gasteiger partial charge in [-0.1, -0.05) is 20.3 Å². The highest BCUT2D eigenvalue weighted by molar-refractivity contribution is 5.94. The minimum atomic E-state index is -0.230. The molecular formula is C18H25N3O2. The molecule has 5 nitrogen and oxygen atoms in total. The smallest absolute Gasteiger partial charge is 0.253 e. The SMILES string of the molecule is CC[C@H](C)[C@@H](CN1CC(O)C1)N(C)C(=O)c1ccc(C#N)cc1. The van der Waals surface area contributed by atoms with E-state index in [9.17, 15) is 9.90 Å². The van der Waals surface area contributed by atoms with Gasteiger partial charge in [-0.2, -0.15) is 5.26 Å². The van der Waals surface area contributed by atoms with Crippen molar-refractivity contribution in [2.45, 2.75) is 32.4 Å². The average molecular weight is 315 g/mol. The molecule has 2 rings (SSSR count). The Morgan fingerprint density at radius 2 is 2.04 bits per heavy atom. The molecule has 2 atom stereocenters. The summed E-state index contributed by atoms with van der Waals surface area (Å²) in [7, 11) is 1.84. The first-order chi connectivity index (χ1) is 11.0. The van der Waals surface area contributed by atoms with Crippen LogP contribution in [0.15, 0.2) is 24.3 Å². The van der Waals surface area contributed by atoms with Crippen LogP contribution >= 0.6 is 0 Å². The normalized spacial score (nSPS) is 17.9. The quantitative estimate of drug-likeness (QED) is 0.868. The van der Waals surface area contributed by atoms with Gasteiger partial charge < -0.3 is 10.0 Å². The number of β-amino-alcohol motifs (C(OH)–C–C–N with tert-alkyl or cyclic N) is 1. The van der Waals surface area contributed by atoms with E-state index in [-0.39, 0.29) is 18.1 Å². The summed E-state index contributed by atoms with van der Waals surface area (Å²) in [4.78, 5) is 16.7. The summed E-state index contributed by atoms with van der Waals surface area (Å²) in [5, 5.41) is 18.3. The third kappa shape index (κ3) is 4.10. The Hall–Kier alpha value is -1.90. The molecule has 1 aromatic rings. The molecule has 1 amide bonds. The summed E-state index contributed by atoms with van der Waals surface area (Å²) in [6, 6.07) is 8.93. The van der Waals surface area contributed by atoms with Crippen LogP contribution in [0.1, 0.15) is 36.2 Å². The molecule has 0 aliphatic carbocycles. The van der Waals surface area contributed by atoms with Crippen molar-refractivity contribution in [3.63, 3.8) is 0 Å². The third-order valence-corrected chi connectivity index (χ3v) is 4.76. The minimum absolute atomic E-state index is 0.0270. The first-order valence-electron chi connectivity index (χ1n) is 8.14. The Bertz CT molecular complexity index is 573. The van der Waals surface area contributed by atoms with Crippen LogP contribution in [0.2, 0.25) is 0 Å². The second-order valence-electron chi connectivity index (χ2n) is 6.43. The zero-order valence-electron chi connectivity index (χ0n) is 14.1. The first kappa shape index (κ1) is 17.5. The van der Waals surface area contributed by atoms with Gasteiger partial charge in [0.1, 0.15) is 0 Å². The maximum absolute atomic E-state index is 12.7. The van der Waals surface area contributed by atoms with Crippen LogP contribution in [0.5, 0.6) is 0 Å². The van der Waals surface area contributed by atoms with E-state index < -0.39 is 0 Å². The predicted molar refractivity (Wildman–Crippen MR) is 88.9 cm³/mol. The van der Waals surface area contributed by atoms with Crippen molar-refractivity contribution < 1.29 is 9.90 Å². The fourth-order valence-electron chi connectivity index (χ4n) is 2.95. The van der Waals surface area contributed by atoms with Crippen LogP contribution < -0.4 is 0 Å². The zero-order chi connectivity index (χ0) is 17.0.